The van der Waals surface area contributed by atoms with Gasteiger partial charge in [0, 0.05) is 17.1 Å². The van der Waals surface area contributed by atoms with Gasteiger partial charge in [-0.2, -0.15) is 0 Å². The first-order valence-corrected chi connectivity index (χ1v) is 7.33. The van der Waals surface area contributed by atoms with Crippen LogP contribution in [0.2, 0.25) is 0 Å². The summed E-state index contributed by atoms with van der Waals surface area (Å²) in [4.78, 5) is 16.7. The summed E-state index contributed by atoms with van der Waals surface area (Å²) in [6, 6.07) is 3.70. The van der Waals surface area contributed by atoms with E-state index in [9.17, 15) is 9.90 Å². The minimum atomic E-state index is -0.534. The fourth-order valence-electron chi connectivity index (χ4n) is 1.78. The van der Waals surface area contributed by atoms with Crippen LogP contribution in [-0.2, 0) is 0 Å². The smallest absolute Gasteiger partial charge is 0.344 e. The third-order valence-electron chi connectivity index (χ3n) is 2.88. The molecule has 0 saturated heterocycles. The van der Waals surface area contributed by atoms with Crippen molar-refractivity contribution in [1.29, 1.82) is 0 Å². The summed E-state index contributed by atoms with van der Waals surface area (Å²) in [7, 11) is 0. The highest BCUT2D eigenvalue weighted by atomic mass is 32.2. The Hall–Kier alpha value is -1.60. The van der Waals surface area contributed by atoms with Gasteiger partial charge in [-0.1, -0.05) is 6.92 Å². The molecule has 2 aromatic heterocycles. The molecule has 2 rings (SSSR count). The van der Waals surface area contributed by atoms with E-state index in [1.54, 1.807) is 16.8 Å². The first kappa shape index (κ1) is 14.8. The molecule has 2 aromatic rings. The minimum Gasteiger partial charge on any atom is -0.387 e. The standard InChI is InChI=1S/C13H18N4O2S/c1-4-11(18)10-6-5-9(7-14-10)20-13-16-15-12(19)17(13)8(2)3/h5-8,11,18H,4H2,1-3H3,(H,15,19)/t11-/m0/s1. The van der Waals surface area contributed by atoms with Crippen LogP contribution in [0.4, 0.5) is 0 Å². The second-order valence-electron chi connectivity index (χ2n) is 4.72. The highest BCUT2D eigenvalue weighted by Gasteiger charge is 2.13. The van der Waals surface area contributed by atoms with Gasteiger partial charge in [0.15, 0.2) is 5.16 Å². The number of aliphatic hydroxyl groups excluding tert-OH is 1. The number of rotatable bonds is 5. The summed E-state index contributed by atoms with van der Waals surface area (Å²) in [5, 5.41) is 16.8. The molecule has 0 radical (unpaired) electrons. The predicted molar refractivity (Wildman–Crippen MR) is 76.8 cm³/mol. The zero-order valence-electron chi connectivity index (χ0n) is 11.7. The Morgan fingerprint density at radius 3 is 2.75 bits per heavy atom. The lowest BCUT2D eigenvalue weighted by atomic mass is 10.2. The molecule has 0 saturated carbocycles. The third kappa shape index (κ3) is 3.10. The first-order chi connectivity index (χ1) is 9.52. The van der Waals surface area contributed by atoms with E-state index in [4.69, 9.17) is 0 Å². The number of nitrogens with zero attached hydrogens (tertiary/aromatic N) is 3. The van der Waals surface area contributed by atoms with Crippen molar-refractivity contribution in [2.75, 3.05) is 0 Å². The zero-order valence-corrected chi connectivity index (χ0v) is 12.5. The first-order valence-electron chi connectivity index (χ1n) is 6.51. The number of aromatic amines is 1. The Labute approximate surface area is 121 Å². The summed E-state index contributed by atoms with van der Waals surface area (Å²) < 4.78 is 1.60. The van der Waals surface area contributed by atoms with Crippen LogP contribution in [0.1, 0.15) is 45.0 Å². The predicted octanol–water partition coefficient (Wildman–Crippen LogP) is 2.14. The summed E-state index contributed by atoms with van der Waals surface area (Å²) in [6.07, 6.45) is 1.78. The van der Waals surface area contributed by atoms with Crippen molar-refractivity contribution < 1.29 is 5.11 Å². The topological polar surface area (TPSA) is 83.8 Å². The van der Waals surface area contributed by atoms with Gasteiger partial charge in [-0.05, 0) is 44.2 Å². The van der Waals surface area contributed by atoms with Crippen molar-refractivity contribution in [3.8, 4) is 0 Å². The van der Waals surface area contributed by atoms with Crippen LogP contribution in [0.5, 0.6) is 0 Å². The van der Waals surface area contributed by atoms with Crippen molar-refractivity contribution >= 4 is 11.8 Å². The van der Waals surface area contributed by atoms with Gasteiger partial charge in [0.2, 0.25) is 0 Å². The number of hydrogen-bond donors (Lipinski definition) is 2. The third-order valence-corrected chi connectivity index (χ3v) is 3.83. The lowest BCUT2D eigenvalue weighted by molar-refractivity contribution is 0.169. The summed E-state index contributed by atoms with van der Waals surface area (Å²) in [5.41, 5.74) is 0.439. The van der Waals surface area contributed by atoms with Gasteiger partial charge in [0.25, 0.3) is 0 Å². The molecule has 0 aliphatic rings. The van der Waals surface area contributed by atoms with Gasteiger partial charge < -0.3 is 5.11 Å². The van der Waals surface area contributed by atoms with Crippen LogP contribution in [-0.4, -0.2) is 24.9 Å². The maximum absolute atomic E-state index is 11.6. The number of aromatic nitrogens is 4. The average molecular weight is 294 g/mol. The molecule has 1 atom stereocenters. The SMILES string of the molecule is CC[C@H](O)c1ccc(Sc2n[nH]c(=O)n2C(C)C)cn1. The molecule has 2 heterocycles. The second-order valence-corrected chi connectivity index (χ2v) is 5.76. The Balaban J connectivity index is 2.21. The van der Waals surface area contributed by atoms with Gasteiger partial charge in [0.1, 0.15) is 0 Å². The van der Waals surface area contributed by atoms with E-state index >= 15 is 0 Å². The molecule has 0 spiro atoms. The molecule has 0 aliphatic carbocycles. The van der Waals surface area contributed by atoms with E-state index in [-0.39, 0.29) is 11.7 Å². The van der Waals surface area contributed by atoms with E-state index in [1.807, 2.05) is 26.8 Å². The van der Waals surface area contributed by atoms with Gasteiger partial charge in [-0.25, -0.2) is 9.89 Å². The Kier molecular flexibility index (Phi) is 4.61. The number of nitrogens with one attached hydrogen (secondary N) is 1. The van der Waals surface area contributed by atoms with E-state index in [0.717, 1.165) is 4.90 Å². The van der Waals surface area contributed by atoms with E-state index in [0.29, 0.717) is 17.3 Å². The molecular formula is C13H18N4O2S. The highest BCUT2D eigenvalue weighted by molar-refractivity contribution is 7.99. The number of hydrogen-bond acceptors (Lipinski definition) is 5. The molecule has 7 heteroatoms. The fourth-order valence-corrected chi connectivity index (χ4v) is 2.72. The van der Waals surface area contributed by atoms with Crippen LogP contribution in [0.25, 0.3) is 0 Å². The van der Waals surface area contributed by atoms with Crippen molar-refractivity contribution in [3.05, 3.63) is 34.5 Å². The monoisotopic (exact) mass is 294 g/mol. The fraction of sp³-hybridized carbons (Fsp3) is 0.462. The van der Waals surface area contributed by atoms with Crippen LogP contribution in [0.3, 0.4) is 0 Å². The lowest BCUT2D eigenvalue weighted by Crippen LogP contribution is -2.19. The van der Waals surface area contributed by atoms with Gasteiger partial charge in [-0.15, -0.1) is 5.10 Å². The highest BCUT2D eigenvalue weighted by Crippen LogP contribution is 2.26. The molecule has 0 bridgehead atoms. The molecule has 6 nitrogen and oxygen atoms in total. The lowest BCUT2D eigenvalue weighted by Gasteiger charge is -2.09. The van der Waals surface area contributed by atoms with Crippen LogP contribution >= 0.6 is 11.8 Å². The second kappa shape index (κ2) is 6.23. The number of pyridine rings is 1. The Bertz CT molecular complexity index is 618. The van der Waals surface area contributed by atoms with E-state index in [2.05, 4.69) is 15.2 Å². The molecule has 0 aliphatic heterocycles. The largest absolute Gasteiger partial charge is 0.387 e. The van der Waals surface area contributed by atoms with Crippen LogP contribution in [0, 0.1) is 0 Å². The van der Waals surface area contributed by atoms with Crippen molar-refractivity contribution in [3.63, 3.8) is 0 Å². The normalized spacial score (nSPS) is 12.8. The van der Waals surface area contributed by atoms with Crippen LogP contribution in [0.15, 0.2) is 33.2 Å². The van der Waals surface area contributed by atoms with Crippen molar-refractivity contribution in [2.24, 2.45) is 0 Å². The maximum atomic E-state index is 11.6. The molecule has 108 valence electrons. The molecule has 0 amide bonds. The summed E-state index contributed by atoms with van der Waals surface area (Å²) in [6.45, 7) is 5.76. The molecule has 2 N–H and O–H groups in total. The van der Waals surface area contributed by atoms with Crippen LogP contribution < -0.4 is 5.69 Å². The Morgan fingerprint density at radius 2 is 2.20 bits per heavy atom. The molecule has 20 heavy (non-hydrogen) atoms. The average Bonchev–Trinajstić information content (AvgIpc) is 2.79. The van der Waals surface area contributed by atoms with Gasteiger partial charge >= 0.3 is 5.69 Å². The molecule has 0 aromatic carbocycles. The van der Waals surface area contributed by atoms with Gasteiger partial charge in [0.05, 0.1) is 11.8 Å². The van der Waals surface area contributed by atoms with E-state index in [1.165, 1.54) is 11.8 Å². The number of H-pyrrole nitrogens is 1. The summed E-state index contributed by atoms with van der Waals surface area (Å²) in [5.74, 6) is 0. The zero-order chi connectivity index (χ0) is 14.7. The molecule has 0 unspecified atom stereocenters. The maximum Gasteiger partial charge on any atom is 0.344 e. The van der Waals surface area contributed by atoms with Crippen molar-refractivity contribution in [1.82, 2.24) is 19.7 Å². The number of aliphatic hydroxyl groups is 1. The Morgan fingerprint density at radius 1 is 1.45 bits per heavy atom. The molecule has 0 fully saturated rings. The van der Waals surface area contributed by atoms with Crippen molar-refractivity contribution in [2.45, 2.75) is 49.4 Å². The quantitative estimate of drug-likeness (QED) is 0.882. The minimum absolute atomic E-state index is 0.0397. The molecular weight excluding hydrogens is 276 g/mol. The van der Waals surface area contributed by atoms with Gasteiger partial charge in [-0.3, -0.25) is 9.55 Å². The van der Waals surface area contributed by atoms with E-state index < -0.39 is 6.10 Å². The summed E-state index contributed by atoms with van der Waals surface area (Å²) >= 11 is 1.37.